The van der Waals surface area contributed by atoms with Crippen LogP contribution in [-0.4, -0.2) is 40.8 Å². The molecule has 1 aliphatic rings. The van der Waals surface area contributed by atoms with Crippen LogP contribution in [0.25, 0.3) is 16.9 Å². The van der Waals surface area contributed by atoms with Crippen molar-refractivity contribution < 1.29 is 9.53 Å². The number of benzene rings is 2. The van der Waals surface area contributed by atoms with E-state index in [2.05, 4.69) is 67.3 Å². The predicted octanol–water partition coefficient (Wildman–Crippen LogP) is 6.37. The number of urea groups is 1. The summed E-state index contributed by atoms with van der Waals surface area (Å²) in [7, 11) is 1.59. The molecule has 2 amide bonds. The molecule has 9 heteroatoms. The van der Waals surface area contributed by atoms with Crippen molar-refractivity contribution in [1.82, 2.24) is 19.9 Å². The first kappa shape index (κ1) is 25.1. The number of hydrogen-bond acceptors (Lipinski definition) is 5. The Balaban J connectivity index is 1.18. The summed E-state index contributed by atoms with van der Waals surface area (Å²) in [5.74, 6) is 2.17. The second kappa shape index (κ2) is 11.2. The molecular weight excluding hydrogens is 532 g/mol. The number of aromatic nitrogens is 3. The van der Waals surface area contributed by atoms with E-state index in [9.17, 15) is 4.79 Å². The molecule has 3 N–H and O–H groups in total. The van der Waals surface area contributed by atoms with Gasteiger partial charge in [-0.05, 0) is 77.7 Å². The molecule has 37 heavy (non-hydrogen) atoms. The molecule has 0 atom stereocenters. The van der Waals surface area contributed by atoms with E-state index < -0.39 is 0 Å². The number of unbranched alkanes of at least 4 members (excludes halogenated alkanes) is 1. The summed E-state index contributed by atoms with van der Waals surface area (Å²) in [5.41, 5.74) is 6.00. The van der Waals surface area contributed by atoms with E-state index in [1.165, 1.54) is 24.0 Å². The monoisotopic (exact) mass is 562 g/mol. The Morgan fingerprint density at radius 3 is 2.76 bits per heavy atom. The van der Waals surface area contributed by atoms with Crippen LogP contribution < -0.4 is 20.7 Å². The maximum atomic E-state index is 12.3. The minimum atomic E-state index is -0.243. The molecule has 8 nitrogen and oxygen atoms in total. The first-order chi connectivity index (χ1) is 18.0. The van der Waals surface area contributed by atoms with E-state index >= 15 is 0 Å². The highest BCUT2D eigenvalue weighted by atomic mass is 79.9. The fraction of sp³-hybridized carbons (Fsp3) is 0.321. The van der Waals surface area contributed by atoms with Crippen LogP contribution in [0, 0.1) is 6.92 Å². The number of anilines is 2. The highest BCUT2D eigenvalue weighted by Crippen LogP contribution is 2.44. The molecule has 2 aromatic carbocycles. The number of aryl methyl sites for hydroxylation is 1. The lowest BCUT2D eigenvalue weighted by atomic mass is 10.0. The molecule has 192 valence electrons. The summed E-state index contributed by atoms with van der Waals surface area (Å²) < 4.78 is 8.02. The zero-order chi connectivity index (χ0) is 25.8. The van der Waals surface area contributed by atoms with Gasteiger partial charge in [-0.15, -0.1) is 0 Å². The summed E-state index contributed by atoms with van der Waals surface area (Å²) in [6.45, 7) is 3.29. The number of carbonyl (C=O) groups is 1. The molecule has 2 aromatic heterocycles. The van der Waals surface area contributed by atoms with Gasteiger partial charge in [0.05, 0.1) is 29.2 Å². The van der Waals surface area contributed by atoms with Crippen molar-refractivity contribution in [3.05, 3.63) is 70.3 Å². The van der Waals surface area contributed by atoms with Crippen LogP contribution >= 0.6 is 15.9 Å². The Labute approximate surface area is 225 Å². The quantitative estimate of drug-likeness (QED) is 0.195. The molecule has 1 fully saturated rings. The zero-order valence-corrected chi connectivity index (χ0v) is 22.6. The predicted molar refractivity (Wildman–Crippen MR) is 151 cm³/mol. The molecule has 1 aliphatic carbocycles. The molecule has 5 rings (SSSR count). The second-order valence-corrected chi connectivity index (χ2v) is 10.2. The molecule has 0 saturated heterocycles. The van der Waals surface area contributed by atoms with Gasteiger partial charge in [-0.2, -0.15) is 9.61 Å². The third kappa shape index (κ3) is 5.88. The summed E-state index contributed by atoms with van der Waals surface area (Å²) in [6.07, 6.45) is 5.97. The lowest BCUT2D eigenvalue weighted by molar-refractivity contribution is 0.252. The zero-order valence-electron chi connectivity index (χ0n) is 21.1. The Morgan fingerprint density at radius 2 is 1.95 bits per heavy atom. The van der Waals surface area contributed by atoms with Crippen molar-refractivity contribution >= 4 is 39.1 Å². The van der Waals surface area contributed by atoms with Crippen molar-refractivity contribution in [1.29, 1.82) is 0 Å². The number of amides is 2. The van der Waals surface area contributed by atoms with E-state index in [-0.39, 0.29) is 6.03 Å². The smallest absolute Gasteiger partial charge is 0.319 e. The van der Waals surface area contributed by atoms with Crippen LogP contribution in [0.1, 0.15) is 42.7 Å². The Kier molecular flexibility index (Phi) is 7.60. The Hall–Kier alpha value is -3.59. The average Bonchev–Trinajstić information content (AvgIpc) is 3.68. The van der Waals surface area contributed by atoms with Crippen molar-refractivity contribution in [2.45, 2.75) is 38.5 Å². The lowest BCUT2D eigenvalue weighted by Crippen LogP contribution is -2.30. The van der Waals surface area contributed by atoms with E-state index in [1.807, 2.05) is 29.6 Å². The van der Waals surface area contributed by atoms with E-state index in [4.69, 9.17) is 9.72 Å². The minimum Gasteiger partial charge on any atom is -0.495 e. The SMILES string of the molecule is COc1ccc(C)cc1NC(=O)NCCCCNc1cc(-c2ccccc2C2CC2)nc2c(Br)cnn12. The van der Waals surface area contributed by atoms with Gasteiger partial charge in [-0.1, -0.05) is 30.3 Å². The van der Waals surface area contributed by atoms with Crippen LogP contribution in [-0.2, 0) is 0 Å². The Morgan fingerprint density at radius 1 is 1.14 bits per heavy atom. The van der Waals surface area contributed by atoms with Gasteiger partial charge in [0.25, 0.3) is 0 Å². The normalized spacial score (nSPS) is 12.9. The molecule has 0 unspecified atom stereocenters. The molecular formula is C28H31BrN6O2. The minimum absolute atomic E-state index is 0.243. The van der Waals surface area contributed by atoms with Crippen LogP contribution in [0.5, 0.6) is 5.75 Å². The fourth-order valence-corrected chi connectivity index (χ4v) is 4.78. The van der Waals surface area contributed by atoms with Crippen LogP contribution in [0.3, 0.4) is 0 Å². The van der Waals surface area contributed by atoms with Gasteiger partial charge in [0.1, 0.15) is 11.6 Å². The molecule has 0 aliphatic heterocycles. The molecule has 0 bridgehead atoms. The fourth-order valence-electron chi connectivity index (χ4n) is 4.43. The second-order valence-electron chi connectivity index (χ2n) is 9.33. The average molecular weight is 564 g/mol. The first-order valence-corrected chi connectivity index (χ1v) is 13.4. The third-order valence-corrected chi connectivity index (χ3v) is 7.04. The maximum Gasteiger partial charge on any atom is 0.319 e. The van der Waals surface area contributed by atoms with Gasteiger partial charge in [0.15, 0.2) is 5.65 Å². The van der Waals surface area contributed by atoms with Crippen molar-refractivity contribution in [3.63, 3.8) is 0 Å². The van der Waals surface area contributed by atoms with Crippen LogP contribution in [0.15, 0.2) is 59.2 Å². The highest BCUT2D eigenvalue weighted by molar-refractivity contribution is 9.10. The lowest BCUT2D eigenvalue weighted by Gasteiger charge is -2.13. The number of rotatable bonds is 10. The van der Waals surface area contributed by atoms with Gasteiger partial charge in [0, 0.05) is 24.7 Å². The van der Waals surface area contributed by atoms with Crippen LogP contribution in [0.4, 0.5) is 16.3 Å². The van der Waals surface area contributed by atoms with Gasteiger partial charge in [-0.25, -0.2) is 9.78 Å². The molecule has 0 spiro atoms. The summed E-state index contributed by atoms with van der Waals surface area (Å²) in [4.78, 5) is 17.2. The topological polar surface area (TPSA) is 92.6 Å². The highest BCUT2D eigenvalue weighted by Gasteiger charge is 2.26. The maximum absolute atomic E-state index is 12.3. The standard InChI is InChI=1S/C28H31BrN6O2/c1-18-9-12-25(37-2)24(15-18)34-28(36)31-14-6-5-13-30-26-16-23(33-27-22(29)17-32-35(26)27)21-8-4-3-7-20(21)19-10-11-19/h3-4,7-9,12,15-17,19,30H,5-6,10-11,13-14H2,1-2H3,(H2,31,34,36). The summed E-state index contributed by atoms with van der Waals surface area (Å²) in [5, 5.41) is 13.8. The van der Waals surface area contributed by atoms with Crippen molar-refractivity contribution in [2.24, 2.45) is 0 Å². The van der Waals surface area contributed by atoms with E-state index in [1.54, 1.807) is 13.3 Å². The molecule has 2 heterocycles. The summed E-state index contributed by atoms with van der Waals surface area (Å²) >= 11 is 3.59. The largest absolute Gasteiger partial charge is 0.495 e. The summed E-state index contributed by atoms with van der Waals surface area (Å²) in [6, 6.07) is 16.1. The van der Waals surface area contributed by atoms with Crippen LogP contribution in [0.2, 0.25) is 0 Å². The number of fused-ring (bicyclic) bond motifs is 1. The van der Waals surface area contributed by atoms with Gasteiger partial charge in [0.2, 0.25) is 0 Å². The van der Waals surface area contributed by atoms with Gasteiger partial charge < -0.3 is 20.7 Å². The van der Waals surface area contributed by atoms with Crippen molar-refractivity contribution in [3.8, 4) is 17.0 Å². The van der Waals surface area contributed by atoms with E-state index in [0.29, 0.717) is 23.9 Å². The number of nitrogens with zero attached hydrogens (tertiary/aromatic N) is 3. The first-order valence-electron chi connectivity index (χ1n) is 12.6. The number of methoxy groups -OCH3 is 1. The molecule has 0 radical (unpaired) electrons. The molecule has 1 saturated carbocycles. The number of carbonyl (C=O) groups excluding carboxylic acids is 1. The number of ether oxygens (including phenoxy) is 1. The molecule has 4 aromatic rings. The van der Waals surface area contributed by atoms with Gasteiger partial charge >= 0.3 is 6.03 Å². The number of halogens is 1. The number of hydrogen-bond donors (Lipinski definition) is 3. The number of nitrogens with one attached hydrogen (secondary N) is 3. The van der Waals surface area contributed by atoms with Gasteiger partial charge in [-0.3, -0.25) is 0 Å². The van der Waals surface area contributed by atoms with Crippen molar-refractivity contribution in [2.75, 3.05) is 30.8 Å². The van der Waals surface area contributed by atoms with E-state index in [0.717, 1.165) is 46.6 Å². The Bertz CT molecular complexity index is 1420. The third-order valence-electron chi connectivity index (χ3n) is 6.48.